The van der Waals surface area contributed by atoms with Crippen molar-refractivity contribution in [3.63, 3.8) is 0 Å². The maximum atomic E-state index is 12.9. The Balaban J connectivity index is 1.89. The number of unbranched alkanes of at least 4 members (excludes halogenated alkanes) is 1. The van der Waals surface area contributed by atoms with Crippen LogP contribution in [0.2, 0.25) is 0 Å². The molecule has 2 rings (SSSR count). The number of rotatable bonds is 16. The number of hydrogen-bond donors (Lipinski definition) is 4. The molecule has 1 atom stereocenters. The molecule has 0 radical (unpaired) electrons. The molecule has 0 aromatic heterocycles. The van der Waals surface area contributed by atoms with E-state index in [1.165, 1.54) is 5.56 Å². The van der Waals surface area contributed by atoms with Crippen molar-refractivity contribution in [2.45, 2.75) is 71.3 Å². The van der Waals surface area contributed by atoms with Gasteiger partial charge in [0, 0.05) is 18.9 Å². The molecule has 0 fully saturated rings. The Labute approximate surface area is 215 Å². The van der Waals surface area contributed by atoms with E-state index in [0.29, 0.717) is 6.54 Å². The summed E-state index contributed by atoms with van der Waals surface area (Å²) >= 11 is 0. The Bertz CT molecular complexity index is 925. The molecular formula is C29H41N3O4. The fourth-order valence-electron chi connectivity index (χ4n) is 4.17. The number of amides is 3. The van der Waals surface area contributed by atoms with E-state index in [1.54, 1.807) is 24.3 Å². The molecule has 0 aliphatic carbocycles. The summed E-state index contributed by atoms with van der Waals surface area (Å²) in [5.41, 5.74) is 2.08. The van der Waals surface area contributed by atoms with Gasteiger partial charge in [0.25, 0.3) is 0 Å². The van der Waals surface area contributed by atoms with Crippen LogP contribution in [0, 0.1) is 5.92 Å². The predicted octanol–water partition coefficient (Wildman–Crippen LogP) is 3.89. The van der Waals surface area contributed by atoms with Crippen LogP contribution < -0.4 is 16.0 Å². The summed E-state index contributed by atoms with van der Waals surface area (Å²) in [6.45, 7) is 4.42. The fraction of sp³-hybridized carbons (Fsp3) is 0.483. The van der Waals surface area contributed by atoms with Gasteiger partial charge in [-0.15, -0.1) is 0 Å². The first-order valence-electron chi connectivity index (χ1n) is 13.1. The van der Waals surface area contributed by atoms with Crippen LogP contribution in [0.5, 0.6) is 5.75 Å². The van der Waals surface area contributed by atoms with Crippen LogP contribution in [0.3, 0.4) is 0 Å². The molecule has 0 aliphatic rings. The highest BCUT2D eigenvalue weighted by Gasteiger charge is 2.22. The number of carbonyl (C=O) groups is 3. The highest BCUT2D eigenvalue weighted by Crippen LogP contribution is 2.14. The molecule has 0 unspecified atom stereocenters. The second kappa shape index (κ2) is 16.3. The molecule has 196 valence electrons. The SMILES string of the molecule is CCCC(CCC)C(=O)NCC(=O)N[C@@H](Cc1ccc(O)cc1)C(=O)NCCCCc1ccccc1. The first-order chi connectivity index (χ1) is 17.4. The molecule has 3 amide bonds. The normalized spacial score (nSPS) is 11.6. The Hall–Kier alpha value is -3.35. The molecule has 7 heteroatoms. The van der Waals surface area contributed by atoms with E-state index in [0.717, 1.165) is 50.5 Å². The lowest BCUT2D eigenvalue weighted by Gasteiger charge is -2.20. The highest BCUT2D eigenvalue weighted by atomic mass is 16.3. The van der Waals surface area contributed by atoms with E-state index < -0.39 is 11.9 Å². The van der Waals surface area contributed by atoms with Gasteiger partial charge in [-0.25, -0.2) is 0 Å². The number of phenols is 1. The van der Waals surface area contributed by atoms with Gasteiger partial charge in [0.1, 0.15) is 11.8 Å². The molecular weight excluding hydrogens is 454 g/mol. The Morgan fingerprint density at radius 2 is 1.47 bits per heavy atom. The molecule has 0 aliphatic heterocycles. The molecule has 4 N–H and O–H groups in total. The van der Waals surface area contributed by atoms with Gasteiger partial charge in [-0.05, 0) is 55.4 Å². The number of hydrogen-bond acceptors (Lipinski definition) is 4. The van der Waals surface area contributed by atoms with Gasteiger partial charge in [0.05, 0.1) is 6.54 Å². The van der Waals surface area contributed by atoms with Gasteiger partial charge < -0.3 is 21.1 Å². The Morgan fingerprint density at radius 1 is 0.806 bits per heavy atom. The van der Waals surface area contributed by atoms with E-state index in [4.69, 9.17) is 0 Å². The van der Waals surface area contributed by atoms with Crippen LogP contribution in [0.4, 0.5) is 0 Å². The summed E-state index contributed by atoms with van der Waals surface area (Å²) in [6, 6.07) is 16.0. The standard InChI is InChI=1S/C29H41N3O4/c1-3-10-24(11-4-2)28(35)31-21-27(34)32-26(20-23-15-17-25(33)18-16-23)29(36)30-19-9-8-14-22-12-6-5-7-13-22/h5-7,12-13,15-18,24,26,33H,3-4,8-11,14,19-21H2,1-2H3,(H,30,36)(H,31,35)(H,32,34)/t26-/m0/s1. The van der Waals surface area contributed by atoms with E-state index in [2.05, 4.69) is 28.1 Å². The minimum absolute atomic E-state index is 0.0974. The number of nitrogens with one attached hydrogen (secondary N) is 3. The molecule has 0 bridgehead atoms. The van der Waals surface area contributed by atoms with Gasteiger partial charge in [-0.3, -0.25) is 14.4 Å². The smallest absolute Gasteiger partial charge is 0.242 e. The second-order valence-corrected chi connectivity index (χ2v) is 9.22. The third-order valence-electron chi connectivity index (χ3n) is 6.13. The van der Waals surface area contributed by atoms with Gasteiger partial charge in [-0.2, -0.15) is 0 Å². The topological polar surface area (TPSA) is 108 Å². The first-order valence-corrected chi connectivity index (χ1v) is 13.1. The second-order valence-electron chi connectivity index (χ2n) is 9.22. The number of aromatic hydroxyl groups is 1. The summed E-state index contributed by atoms with van der Waals surface area (Å²) in [6.07, 6.45) is 6.39. The first kappa shape index (κ1) is 28.9. The lowest BCUT2D eigenvalue weighted by molar-refractivity contribution is -0.130. The van der Waals surface area contributed by atoms with Gasteiger partial charge >= 0.3 is 0 Å². The fourth-order valence-corrected chi connectivity index (χ4v) is 4.17. The van der Waals surface area contributed by atoms with Crippen molar-refractivity contribution < 1.29 is 19.5 Å². The van der Waals surface area contributed by atoms with Crippen molar-refractivity contribution in [2.75, 3.05) is 13.1 Å². The summed E-state index contributed by atoms with van der Waals surface area (Å²) < 4.78 is 0. The molecule has 0 saturated heterocycles. The molecule has 0 spiro atoms. The van der Waals surface area contributed by atoms with E-state index in [9.17, 15) is 19.5 Å². The minimum atomic E-state index is -0.782. The zero-order valence-corrected chi connectivity index (χ0v) is 21.6. The summed E-state index contributed by atoms with van der Waals surface area (Å²) in [5.74, 6) is -0.749. The summed E-state index contributed by atoms with van der Waals surface area (Å²) in [7, 11) is 0. The van der Waals surface area contributed by atoms with Gasteiger partial charge in [-0.1, -0.05) is 69.2 Å². The predicted molar refractivity (Wildman–Crippen MR) is 142 cm³/mol. The number of benzene rings is 2. The van der Waals surface area contributed by atoms with Crippen LogP contribution in [-0.2, 0) is 27.2 Å². The average molecular weight is 496 g/mol. The van der Waals surface area contributed by atoms with Gasteiger partial charge in [0.2, 0.25) is 17.7 Å². The molecule has 2 aromatic rings. The van der Waals surface area contributed by atoms with E-state index in [1.807, 2.05) is 32.0 Å². The Kier molecular flexibility index (Phi) is 13.1. The Morgan fingerprint density at radius 3 is 2.11 bits per heavy atom. The van der Waals surface area contributed by atoms with Crippen LogP contribution in [0.25, 0.3) is 0 Å². The molecule has 7 nitrogen and oxygen atoms in total. The summed E-state index contributed by atoms with van der Waals surface area (Å²) in [4.78, 5) is 38.1. The van der Waals surface area contributed by atoms with Crippen molar-refractivity contribution in [2.24, 2.45) is 5.92 Å². The zero-order chi connectivity index (χ0) is 26.2. The van der Waals surface area contributed by atoms with Crippen LogP contribution >= 0.6 is 0 Å². The van der Waals surface area contributed by atoms with Gasteiger partial charge in [0.15, 0.2) is 0 Å². The van der Waals surface area contributed by atoms with E-state index >= 15 is 0 Å². The number of aryl methyl sites for hydroxylation is 1. The molecule has 36 heavy (non-hydrogen) atoms. The lowest BCUT2D eigenvalue weighted by atomic mass is 9.97. The third kappa shape index (κ3) is 10.9. The van der Waals surface area contributed by atoms with Crippen LogP contribution in [0.15, 0.2) is 54.6 Å². The quantitative estimate of drug-likeness (QED) is 0.265. The highest BCUT2D eigenvalue weighted by molar-refractivity contribution is 5.90. The monoisotopic (exact) mass is 495 g/mol. The van der Waals surface area contributed by atoms with Crippen molar-refractivity contribution in [1.29, 1.82) is 0 Å². The molecule has 2 aromatic carbocycles. The van der Waals surface area contributed by atoms with Crippen molar-refractivity contribution in [3.8, 4) is 5.75 Å². The minimum Gasteiger partial charge on any atom is -0.508 e. The van der Waals surface area contributed by atoms with E-state index in [-0.39, 0.29) is 36.4 Å². The van der Waals surface area contributed by atoms with Crippen molar-refractivity contribution in [3.05, 3.63) is 65.7 Å². The summed E-state index contributed by atoms with van der Waals surface area (Å²) in [5, 5.41) is 18.0. The van der Waals surface area contributed by atoms with Crippen molar-refractivity contribution in [1.82, 2.24) is 16.0 Å². The number of phenolic OH excluding ortho intramolecular Hbond substituents is 1. The maximum Gasteiger partial charge on any atom is 0.242 e. The average Bonchev–Trinajstić information content (AvgIpc) is 2.88. The van der Waals surface area contributed by atoms with Crippen molar-refractivity contribution >= 4 is 17.7 Å². The lowest BCUT2D eigenvalue weighted by Crippen LogP contribution is -2.51. The molecule has 0 heterocycles. The zero-order valence-electron chi connectivity index (χ0n) is 21.6. The molecule has 0 saturated carbocycles. The van der Waals surface area contributed by atoms with Crippen LogP contribution in [0.1, 0.15) is 63.5 Å². The third-order valence-corrected chi connectivity index (χ3v) is 6.13. The largest absolute Gasteiger partial charge is 0.508 e. The van der Waals surface area contributed by atoms with Crippen LogP contribution in [-0.4, -0.2) is 42.0 Å². The number of carbonyl (C=O) groups excluding carboxylic acids is 3. The maximum absolute atomic E-state index is 12.9.